The van der Waals surface area contributed by atoms with Crippen molar-refractivity contribution < 1.29 is 60.4 Å². The number of pyridine rings is 1. The largest absolute Gasteiger partial charge is 0.490 e. The molecular formula is C23H30F6N4O7. The summed E-state index contributed by atoms with van der Waals surface area (Å²) in [5, 5.41) is 17.0. The van der Waals surface area contributed by atoms with E-state index in [1.54, 1.807) is 20.4 Å². The molecule has 2 saturated heterocycles. The smallest absolute Gasteiger partial charge is 0.481 e. The van der Waals surface area contributed by atoms with Gasteiger partial charge in [-0.15, -0.1) is 0 Å². The first-order chi connectivity index (χ1) is 18.5. The number of halogens is 6. The number of aromatic nitrogens is 1. The van der Waals surface area contributed by atoms with Crippen molar-refractivity contribution in [2.24, 2.45) is 5.92 Å². The molecule has 1 spiro atoms. The summed E-state index contributed by atoms with van der Waals surface area (Å²) in [6.07, 6.45) is -5.84. The molecule has 1 aromatic rings. The molecule has 1 amide bonds. The van der Waals surface area contributed by atoms with E-state index in [0.717, 1.165) is 44.2 Å². The maximum absolute atomic E-state index is 12.2. The van der Waals surface area contributed by atoms with Gasteiger partial charge in [-0.1, -0.05) is 6.07 Å². The van der Waals surface area contributed by atoms with Crippen LogP contribution in [0.25, 0.3) is 0 Å². The number of alkyl halides is 6. The van der Waals surface area contributed by atoms with Gasteiger partial charge < -0.3 is 25.0 Å². The minimum Gasteiger partial charge on any atom is -0.481 e. The lowest BCUT2D eigenvalue weighted by Gasteiger charge is -2.55. The van der Waals surface area contributed by atoms with E-state index in [9.17, 15) is 31.1 Å². The van der Waals surface area contributed by atoms with Crippen molar-refractivity contribution in [3.63, 3.8) is 0 Å². The highest BCUT2D eigenvalue weighted by molar-refractivity contribution is 5.81. The average Bonchev–Trinajstić information content (AvgIpc) is 3.67. The van der Waals surface area contributed by atoms with Crippen LogP contribution in [0.3, 0.4) is 0 Å². The number of methoxy groups -OCH3 is 1. The van der Waals surface area contributed by atoms with E-state index in [4.69, 9.17) is 29.3 Å². The van der Waals surface area contributed by atoms with Crippen LogP contribution in [0.2, 0.25) is 0 Å². The molecule has 3 aliphatic rings. The molecule has 3 N–H and O–H groups in total. The first-order valence-corrected chi connectivity index (χ1v) is 11.9. The zero-order chi connectivity index (χ0) is 30.3. The number of morpholine rings is 1. The van der Waals surface area contributed by atoms with E-state index >= 15 is 0 Å². The number of hydrogen-bond donors (Lipinski definition) is 3. The highest BCUT2D eigenvalue weighted by Gasteiger charge is 2.51. The van der Waals surface area contributed by atoms with Crippen molar-refractivity contribution >= 4 is 17.8 Å². The summed E-state index contributed by atoms with van der Waals surface area (Å²) in [6.45, 7) is 4.90. The van der Waals surface area contributed by atoms with Crippen molar-refractivity contribution in [2.45, 2.75) is 43.4 Å². The second kappa shape index (κ2) is 13.5. The Labute approximate surface area is 225 Å². The molecule has 1 saturated carbocycles. The SMILES string of the molecule is CNC(=O)C1COC2(CN(Cc3cccnc3OC)C2)CN1CC1CC1.O=C(O)C(F)(F)F.O=C(O)C(F)(F)F. The van der Waals surface area contributed by atoms with Gasteiger partial charge in [0.15, 0.2) is 0 Å². The number of likely N-dealkylation sites (tertiary alicyclic amines) is 1. The van der Waals surface area contributed by atoms with E-state index in [0.29, 0.717) is 12.5 Å². The quantitative estimate of drug-likeness (QED) is 0.421. The molecule has 2 aliphatic heterocycles. The minimum absolute atomic E-state index is 0.0665. The first kappa shape index (κ1) is 33.0. The standard InChI is InChI=1S/C19H28N4O3.2C2HF3O2/c1-20-17(24)16-10-26-19(13-23(16)8-14-5-6-14)11-22(12-19)9-15-4-3-7-21-18(15)25-2;2*3-2(4,5)1(6)7/h3-4,7,14,16H,5-6,8-13H2,1-2H3,(H,20,24);2*(H,6,7). The molecule has 40 heavy (non-hydrogen) atoms. The van der Waals surface area contributed by atoms with Gasteiger partial charge in [0.05, 0.1) is 13.7 Å². The Hall–Kier alpha value is -3.18. The van der Waals surface area contributed by atoms with Gasteiger partial charge in [0.25, 0.3) is 0 Å². The molecule has 0 radical (unpaired) electrons. The number of likely N-dealkylation sites (N-methyl/N-ethyl adjacent to an activating group) is 1. The summed E-state index contributed by atoms with van der Waals surface area (Å²) in [5.41, 5.74) is 0.952. The summed E-state index contributed by atoms with van der Waals surface area (Å²) < 4.78 is 75.0. The van der Waals surface area contributed by atoms with Gasteiger partial charge in [0.1, 0.15) is 11.6 Å². The van der Waals surface area contributed by atoms with Crippen molar-refractivity contribution in [3.8, 4) is 5.88 Å². The van der Waals surface area contributed by atoms with Gasteiger partial charge in [-0.3, -0.25) is 14.6 Å². The third-order valence-corrected chi connectivity index (χ3v) is 6.16. The molecule has 0 aromatic carbocycles. The van der Waals surface area contributed by atoms with Crippen LogP contribution in [0.1, 0.15) is 18.4 Å². The van der Waals surface area contributed by atoms with Crippen LogP contribution in [-0.4, -0.2) is 114 Å². The highest BCUT2D eigenvalue weighted by Crippen LogP contribution is 2.36. The first-order valence-electron chi connectivity index (χ1n) is 11.9. The Bertz CT molecular complexity index is 1010. The van der Waals surface area contributed by atoms with E-state index in [2.05, 4.69) is 26.2 Å². The monoisotopic (exact) mass is 588 g/mol. The molecule has 11 nitrogen and oxygen atoms in total. The fraction of sp³-hybridized carbons (Fsp3) is 0.652. The molecule has 4 rings (SSSR count). The van der Waals surface area contributed by atoms with Crippen LogP contribution in [0, 0.1) is 5.92 Å². The summed E-state index contributed by atoms with van der Waals surface area (Å²) in [6, 6.07) is 3.84. The van der Waals surface area contributed by atoms with Crippen LogP contribution in [0.5, 0.6) is 5.88 Å². The lowest BCUT2D eigenvalue weighted by molar-refractivity contribution is -0.203. The maximum atomic E-state index is 12.2. The Morgan fingerprint density at radius 2 is 1.65 bits per heavy atom. The van der Waals surface area contributed by atoms with Gasteiger partial charge in [-0.25, -0.2) is 14.6 Å². The van der Waals surface area contributed by atoms with Crippen LogP contribution >= 0.6 is 0 Å². The van der Waals surface area contributed by atoms with Crippen LogP contribution in [0.4, 0.5) is 26.3 Å². The predicted molar refractivity (Wildman–Crippen MR) is 124 cm³/mol. The molecule has 1 aromatic heterocycles. The number of hydrogen-bond acceptors (Lipinski definition) is 8. The predicted octanol–water partition coefficient (Wildman–Crippen LogP) is 1.77. The molecule has 0 bridgehead atoms. The molecule has 3 fully saturated rings. The summed E-state index contributed by atoms with van der Waals surface area (Å²) in [5.74, 6) is -4.00. The fourth-order valence-corrected chi connectivity index (χ4v) is 4.16. The van der Waals surface area contributed by atoms with Crippen LogP contribution in [-0.2, 0) is 25.7 Å². The zero-order valence-corrected chi connectivity index (χ0v) is 21.6. The lowest BCUT2D eigenvalue weighted by Crippen LogP contribution is -2.72. The number of carbonyl (C=O) groups is 3. The summed E-state index contributed by atoms with van der Waals surface area (Å²) >= 11 is 0. The topological polar surface area (TPSA) is 142 Å². The summed E-state index contributed by atoms with van der Waals surface area (Å²) in [7, 11) is 3.36. The second-order valence-electron chi connectivity index (χ2n) is 9.42. The zero-order valence-electron chi connectivity index (χ0n) is 21.6. The van der Waals surface area contributed by atoms with Gasteiger partial charge in [0, 0.05) is 51.5 Å². The van der Waals surface area contributed by atoms with E-state index in [-0.39, 0.29) is 17.6 Å². The Kier molecular flexibility index (Phi) is 11.1. The molecule has 226 valence electrons. The number of aliphatic carboxylic acids is 2. The Morgan fingerprint density at radius 3 is 2.10 bits per heavy atom. The Morgan fingerprint density at radius 1 is 1.10 bits per heavy atom. The maximum Gasteiger partial charge on any atom is 0.490 e. The van der Waals surface area contributed by atoms with E-state index in [1.165, 1.54) is 12.8 Å². The number of nitrogens with one attached hydrogen (secondary N) is 1. The third kappa shape index (κ3) is 9.78. The number of carbonyl (C=O) groups excluding carboxylic acids is 1. The van der Waals surface area contributed by atoms with Crippen LogP contribution < -0.4 is 10.1 Å². The molecular weight excluding hydrogens is 558 g/mol. The normalized spacial score (nSPS) is 20.6. The molecule has 3 heterocycles. The number of ether oxygens (including phenoxy) is 2. The number of carboxylic acid groups (broad SMARTS) is 2. The second-order valence-corrected chi connectivity index (χ2v) is 9.42. The van der Waals surface area contributed by atoms with Gasteiger partial charge in [0.2, 0.25) is 11.8 Å². The Balaban J connectivity index is 0.000000333. The number of carboxylic acids is 2. The molecule has 1 unspecified atom stereocenters. The molecule has 1 aliphatic carbocycles. The van der Waals surface area contributed by atoms with Crippen molar-refractivity contribution in [3.05, 3.63) is 23.9 Å². The number of amides is 1. The lowest BCUT2D eigenvalue weighted by atomic mass is 9.89. The summed E-state index contributed by atoms with van der Waals surface area (Å²) in [4.78, 5) is 39.0. The van der Waals surface area contributed by atoms with Gasteiger partial charge >= 0.3 is 24.3 Å². The van der Waals surface area contributed by atoms with Gasteiger partial charge in [-0.2, -0.15) is 26.3 Å². The van der Waals surface area contributed by atoms with Crippen molar-refractivity contribution in [1.29, 1.82) is 0 Å². The average molecular weight is 589 g/mol. The molecule has 17 heteroatoms. The van der Waals surface area contributed by atoms with Crippen molar-refractivity contribution in [1.82, 2.24) is 20.1 Å². The minimum atomic E-state index is -5.08. The van der Waals surface area contributed by atoms with Crippen LogP contribution in [0.15, 0.2) is 18.3 Å². The fourth-order valence-electron chi connectivity index (χ4n) is 4.16. The van der Waals surface area contributed by atoms with E-state index < -0.39 is 24.3 Å². The number of nitrogens with zero attached hydrogens (tertiary/aromatic N) is 3. The number of rotatable bonds is 6. The third-order valence-electron chi connectivity index (χ3n) is 6.16. The van der Waals surface area contributed by atoms with Crippen molar-refractivity contribution in [2.75, 3.05) is 46.9 Å². The molecule has 1 atom stereocenters. The highest BCUT2D eigenvalue weighted by atomic mass is 19.4. The van der Waals surface area contributed by atoms with E-state index in [1.807, 2.05) is 6.07 Å². The van der Waals surface area contributed by atoms with Gasteiger partial charge in [-0.05, 0) is 24.8 Å².